The first-order valence-electron chi connectivity index (χ1n) is 10.9. The summed E-state index contributed by atoms with van der Waals surface area (Å²) in [5.74, 6) is 1.37. The van der Waals surface area contributed by atoms with E-state index in [1.54, 1.807) is 19.1 Å². The van der Waals surface area contributed by atoms with Crippen LogP contribution in [0.25, 0.3) is 11.3 Å². The van der Waals surface area contributed by atoms with E-state index in [0.717, 1.165) is 43.4 Å². The van der Waals surface area contributed by atoms with Crippen LogP contribution in [-0.2, 0) is 9.59 Å². The van der Waals surface area contributed by atoms with Crippen LogP contribution in [0.3, 0.4) is 0 Å². The van der Waals surface area contributed by atoms with Crippen LogP contribution in [0.2, 0.25) is 0 Å². The zero-order chi connectivity index (χ0) is 21.8. The maximum absolute atomic E-state index is 13.0. The number of benzene rings is 1. The molecule has 0 unspecified atom stereocenters. The monoisotopic (exact) mass is 443 g/mol. The molecule has 2 aliphatic rings. The number of methoxy groups -OCH3 is 2. The Morgan fingerprint density at radius 3 is 2.58 bits per heavy atom. The normalized spacial score (nSPS) is 19.3. The van der Waals surface area contributed by atoms with Gasteiger partial charge in [0.15, 0.2) is 16.6 Å². The van der Waals surface area contributed by atoms with Crippen LogP contribution in [0, 0.1) is 5.92 Å². The van der Waals surface area contributed by atoms with Crippen molar-refractivity contribution >= 4 is 28.3 Å². The van der Waals surface area contributed by atoms with Crippen LogP contribution < -0.4 is 14.8 Å². The molecule has 166 valence electrons. The summed E-state index contributed by atoms with van der Waals surface area (Å²) in [5.41, 5.74) is 1.63. The number of nitrogens with zero attached hydrogens (tertiary/aromatic N) is 2. The summed E-state index contributed by atoms with van der Waals surface area (Å²) < 4.78 is 10.6. The van der Waals surface area contributed by atoms with Crippen molar-refractivity contribution in [1.29, 1.82) is 0 Å². The van der Waals surface area contributed by atoms with E-state index in [-0.39, 0.29) is 17.7 Å². The summed E-state index contributed by atoms with van der Waals surface area (Å²) >= 11 is 1.37. The quantitative estimate of drug-likeness (QED) is 0.718. The van der Waals surface area contributed by atoms with Crippen molar-refractivity contribution in [3.05, 3.63) is 23.6 Å². The Morgan fingerprint density at radius 2 is 1.84 bits per heavy atom. The Hall–Kier alpha value is -2.61. The smallest absolute Gasteiger partial charge is 0.248 e. The van der Waals surface area contributed by atoms with Crippen LogP contribution in [0.15, 0.2) is 23.6 Å². The largest absolute Gasteiger partial charge is 0.493 e. The fraction of sp³-hybridized carbons (Fsp3) is 0.522. The van der Waals surface area contributed by atoms with E-state index in [2.05, 4.69) is 10.3 Å². The number of carbonyl (C=O) groups is 2. The molecule has 1 saturated heterocycles. The van der Waals surface area contributed by atoms with Gasteiger partial charge in [-0.2, -0.15) is 0 Å². The van der Waals surface area contributed by atoms with Crippen LogP contribution >= 0.6 is 11.3 Å². The number of hydrogen-bond donors (Lipinski definition) is 1. The first-order valence-corrected chi connectivity index (χ1v) is 11.8. The van der Waals surface area contributed by atoms with Gasteiger partial charge in [0.25, 0.3) is 0 Å². The molecule has 1 N–H and O–H groups in total. The van der Waals surface area contributed by atoms with Gasteiger partial charge >= 0.3 is 0 Å². The molecule has 0 bridgehead atoms. The summed E-state index contributed by atoms with van der Waals surface area (Å²) in [6.07, 6.45) is 6.90. The number of amides is 2. The Morgan fingerprint density at radius 1 is 1.06 bits per heavy atom. The molecule has 0 spiro atoms. The first-order chi connectivity index (χ1) is 15.1. The van der Waals surface area contributed by atoms with Crippen molar-refractivity contribution in [3.8, 4) is 22.8 Å². The molecule has 8 heteroatoms. The van der Waals surface area contributed by atoms with Gasteiger partial charge in [-0.15, -0.1) is 11.3 Å². The second-order valence-corrected chi connectivity index (χ2v) is 8.98. The zero-order valence-corrected chi connectivity index (χ0v) is 18.9. The van der Waals surface area contributed by atoms with Gasteiger partial charge < -0.3 is 19.7 Å². The standard InChI is InChI=1S/C23H29N3O4S/c1-29-19-11-10-16(13-20(19)30-2)17-14-31-23(24-17)25-21(27)18-9-6-12-26(18)22(28)15-7-4-3-5-8-15/h10-11,13-15,18H,3-9,12H2,1-2H3,(H,24,25,27)/t18-/m1/s1. The highest BCUT2D eigenvalue weighted by molar-refractivity contribution is 7.14. The van der Waals surface area contributed by atoms with E-state index in [4.69, 9.17) is 9.47 Å². The number of rotatable bonds is 6. The molecule has 1 aliphatic heterocycles. The van der Waals surface area contributed by atoms with Gasteiger partial charge in [-0.25, -0.2) is 4.98 Å². The Kier molecular flexibility index (Phi) is 6.75. The minimum Gasteiger partial charge on any atom is -0.493 e. The highest BCUT2D eigenvalue weighted by Gasteiger charge is 2.37. The highest BCUT2D eigenvalue weighted by Crippen LogP contribution is 2.34. The molecule has 2 fully saturated rings. The fourth-order valence-corrected chi connectivity index (χ4v) is 5.26. The van der Waals surface area contributed by atoms with E-state index in [1.807, 2.05) is 23.6 Å². The fourth-order valence-electron chi connectivity index (χ4n) is 4.54. The maximum atomic E-state index is 13.0. The van der Waals surface area contributed by atoms with Crippen LogP contribution in [0.4, 0.5) is 5.13 Å². The van der Waals surface area contributed by atoms with Crippen molar-refractivity contribution in [1.82, 2.24) is 9.88 Å². The molecule has 2 heterocycles. The molecule has 2 amide bonds. The van der Waals surface area contributed by atoms with Gasteiger partial charge in [-0.1, -0.05) is 19.3 Å². The predicted molar refractivity (Wildman–Crippen MR) is 121 cm³/mol. The van der Waals surface area contributed by atoms with Crippen molar-refractivity contribution in [3.63, 3.8) is 0 Å². The van der Waals surface area contributed by atoms with Crippen molar-refractivity contribution in [2.75, 3.05) is 26.1 Å². The molecular weight excluding hydrogens is 414 g/mol. The molecule has 7 nitrogen and oxygen atoms in total. The number of hydrogen-bond acceptors (Lipinski definition) is 6. The van der Waals surface area contributed by atoms with E-state index >= 15 is 0 Å². The SMILES string of the molecule is COc1ccc(-c2csc(NC(=O)[C@H]3CCCN3C(=O)C3CCCCC3)n2)cc1OC. The third kappa shape index (κ3) is 4.69. The van der Waals surface area contributed by atoms with E-state index in [9.17, 15) is 9.59 Å². The predicted octanol–water partition coefficient (Wildman–Crippen LogP) is 4.34. The molecule has 1 aliphatic carbocycles. The van der Waals surface area contributed by atoms with E-state index in [0.29, 0.717) is 29.6 Å². The van der Waals surface area contributed by atoms with Gasteiger partial charge in [0.2, 0.25) is 11.8 Å². The maximum Gasteiger partial charge on any atom is 0.248 e. The molecule has 2 aromatic rings. The number of aromatic nitrogens is 1. The number of carbonyl (C=O) groups excluding carboxylic acids is 2. The number of nitrogens with one attached hydrogen (secondary N) is 1. The zero-order valence-electron chi connectivity index (χ0n) is 18.1. The lowest BCUT2D eigenvalue weighted by Crippen LogP contribution is -2.46. The summed E-state index contributed by atoms with van der Waals surface area (Å²) in [6, 6.07) is 5.20. The minimum absolute atomic E-state index is 0.0821. The van der Waals surface area contributed by atoms with Crippen LogP contribution in [-0.4, -0.2) is 48.5 Å². The number of likely N-dealkylation sites (tertiary alicyclic amines) is 1. The van der Waals surface area contributed by atoms with Crippen molar-refractivity contribution < 1.29 is 19.1 Å². The molecule has 0 radical (unpaired) electrons. The Balaban J connectivity index is 1.43. The lowest BCUT2D eigenvalue weighted by molar-refractivity contribution is -0.141. The average molecular weight is 444 g/mol. The second kappa shape index (κ2) is 9.68. The molecule has 1 aromatic heterocycles. The highest BCUT2D eigenvalue weighted by atomic mass is 32.1. The molecule has 1 atom stereocenters. The summed E-state index contributed by atoms with van der Waals surface area (Å²) in [4.78, 5) is 32.3. The Bertz CT molecular complexity index is 939. The van der Waals surface area contributed by atoms with E-state index < -0.39 is 6.04 Å². The lowest BCUT2D eigenvalue weighted by Gasteiger charge is -2.29. The summed E-state index contributed by atoms with van der Waals surface area (Å²) in [6.45, 7) is 0.669. The number of thiazole rings is 1. The van der Waals surface area contributed by atoms with E-state index in [1.165, 1.54) is 17.8 Å². The molecular formula is C23H29N3O4S. The molecule has 1 saturated carbocycles. The first kappa shape index (κ1) is 21.6. The van der Waals surface area contributed by atoms with Gasteiger partial charge in [0.1, 0.15) is 6.04 Å². The number of anilines is 1. The van der Waals surface area contributed by atoms with Gasteiger partial charge in [0.05, 0.1) is 19.9 Å². The molecule has 1 aromatic carbocycles. The minimum atomic E-state index is -0.400. The average Bonchev–Trinajstić information content (AvgIpc) is 3.48. The lowest BCUT2D eigenvalue weighted by atomic mass is 9.88. The Labute approximate surface area is 186 Å². The van der Waals surface area contributed by atoms with Crippen LogP contribution in [0.1, 0.15) is 44.9 Å². The third-order valence-electron chi connectivity index (χ3n) is 6.21. The van der Waals surface area contributed by atoms with Gasteiger partial charge in [0, 0.05) is 23.4 Å². The van der Waals surface area contributed by atoms with Crippen molar-refractivity contribution in [2.24, 2.45) is 5.92 Å². The van der Waals surface area contributed by atoms with Gasteiger partial charge in [-0.05, 0) is 43.9 Å². The van der Waals surface area contributed by atoms with Gasteiger partial charge in [-0.3, -0.25) is 9.59 Å². The summed E-state index contributed by atoms with van der Waals surface area (Å²) in [5, 5.41) is 5.36. The second-order valence-electron chi connectivity index (χ2n) is 8.12. The summed E-state index contributed by atoms with van der Waals surface area (Å²) in [7, 11) is 3.19. The molecule has 4 rings (SSSR count). The number of ether oxygens (including phenoxy) is 2. The topological polar surface area (TPSA) is 80.8 Å². The third-order valence-corrected chi connectivity index (χ3v) is 6.96. The molecule has 31 heavy (non-hydrogen) atoms. The van der Waals surface area contributed by atoms with Crippen molar-refractivity contribution in [2.45, 2.75) is 51.0 Å². The van der Waals surface area contributed by atoms with Crippen LogP contribution in [0.5, 0.6) is 11.5 Å².